The van der Waals surface area contributed by atoms with Gasteiger partial charge in [0.15, 0.2) is 0 Å². The zero-order valence-electron chi connectivity index (χ0n) is 9.36. The van der Waals surface area contributed by atoms with E-state index < -0.39 is 0 Å². The average Bonchev–Trinajstić information content (AvgIpc) is 2.69. The predicted octanol–water partition coefficient (Wildman–Crippen LogP) is 2.08. The maximum absolute atomic E-state index is 5.11. The molecule has 1 N–H and O–H groups in total. The van der Waals surface area contributed by atoms with E-state index in [1.165, 1.54) is 11.3 Å². The number of para-hydroxylation sites is 1. The molecule has 1 aromatic rings. The summed E-state index contributed by atoms with van der Waals surface area (Å²) in [4.78, 5) is 5.11. The fourth-order valence-corrected chi connectivity index (χ4v) is 2.04. The van der Waals surface area contributed by atoms with Crippen LogP contribution < -0.4 is 5.32 Å². The standard InChI is InChI=1S/C12H18N2O/c1-14(15-2)8-7-10-9-13-12-6-4-3-5-11(10)12/h3-6,10,13H,7-9H2,1-2H3. The molecule has 0 radical (unpaired) electrons. The van der Waals surface area contributed by atoms with Crippen molar-refractivity contribution < 1.29 is 4.84 Å². The van der Waals surface area contributed by atoms with Crippen molar-refractivity contribution in [1.82, 2.24) is 5.06 Å². The van der Waals surface area contributed by atoms with E-state index in [-0.39, 0.29) is 0 Å². The number of hydrogen-bond acceptors (Lipinski definition) is 3. The highest BCUT2D eigenvalue weighted by Crippen LogP contribution is 2.32. The van der Waals surface area contributed by atoms with Gasteiger partial charge in [0.05, 0.1) is 7.11 Å². The molecule has 2 rings (SSSR count). The van der Waals surface area contributed by atoms with Gasteiger partial charge in [0, 0.05) is 31.7 Å². The lowest BCUT2D eigenvalue weighted by atomic mass is 9.98. The van der Waals surface area contributed by atoms with E-state index in [1.807, 2.05) is 12.1 Å². The van der Waals surface area contributed by atoms with E-state index in [2.05, 4.69) is 29.6 Å². The van der Waals surface area contributed by atoms with Crippen molar-refractivity contribution >= 4 is 5.69 Å². The largest absolute Gasteiger partial charge is 0.384 e. The second-order valence-corrected chi connectivity index (χ2v) is 3.99. The number of nitrogens with zero attached hydrogens (tertiary/aromatic N) is 1. The van der Waals surface area contributed by atoms with Crippen LogP contribution in [0, 0.1) is 0 Å². The summed E-state index contributed by atoms with van der Waals surface area (Å²) >= 11 is 0. The Morgan fingerprint density at radius 3 is 3.07 bits per heavy atom. The fourth-order valence-electron chi connectivity index (χ4n) is 2.04. The SMILES string of the molecule is CON(C)CCC1CNc2ccccc21. The van der Waals surface area contributed by atoms with Gasteiger partial charge >= 0.3 is 0 Å². The van der Waals surface area contributed by atoms with Crippen molar-refractivity contribution in [2.24, 2.45) is 0 Å². The molecule has 3 nitrogen and oxygen atoms in total. The van der Waals surface area contributed by atoms with E-state index in [4.69, 9.17) is 4.84 Å². The topological polar surface area (TPSA) is 24.5 Å². The molecule has 1 heterocycles. The summed E-state index contributed by atoms with van der Waals surface area (Å²) in [6.45, 7) is 2.02. The van der Waals surface area contributed by atoms with Gasteiger partial charge in [-0.3, -0.25) is 0 Å². The van der Waals surface area contributed by atoms with E-state index in [9.17, 15) is 0 Å². The van der Waals surface area contributed by atoms with E-state index >= 15 is 0 Å². The van der Waals surface area contributed by atoms with Crippen LogP contribution in [-0.2, 0) is 4.84 Å². The lowest BCUT2D eigenvalue weighted by molar-refractivity contribution is -0.110. The van der Waals surface area contributed by atoms with Crippen LogP contribution in [0.4, 0.5) is 5.69 Å². The van der Waals surface area contributed by atoms with E-state index in [1.54, 1.807) is 7.11 Å². The Morgan fingerprint density at radius 2 is 2.27 bits per heavy atom. The zero-order chi connectivity index (χ0) is 10.7. The Morgan fingerprint density at radius 1 is 1.47 bits per heavy atom. The molecule has 1 aliphatic heterocycles. The van der Waals surface area contributed by atoms with Gasteiger partial charge in [-0.15, -0.1) is 0 Å². The van der Waals surface area contributed by atoms with Crippen LogP contribution >= 0.6 is 0 Å². The summed E-state index contributed by atoms with van der Waals surface area (Å²) in [5.74, 6) is 0.624. The molecule has 0 saturated heterocycles. The minimum absolute atomic E-state index is 0.624. The van der Waals surface area contributed by atoms with Crippen LogP contribution in [0.25, 0.3) is 0 Å². The highest BCUT2D eigenvalue weighted by Gasteiger charge is 2.21. The maximum atomic E-state index is 5.11. The fraction of sp³-hybridized carbons (Fsp3) is 0.500. The van der Waals surface area contributed by atoms with Gasteiger partial charge in [0.1, 0.15) is 0 Å². The number of fused-ring (bicyclic) bond motifs is 1. The van der Waals surface area contributed by atoms with Crippen molar-refractivity contribution in [2.75, 3.05) is 32.6 Å². The van der Waals surface area contributed by atoms with Gasteiger partial charge < -0.3 is 10.2 Å². The van der Waals surface area contributed by atoms with Crippen molar-refractivity contribution in [2.45, 2.75) is 12.3 Å². The highest BCUT2D eigenvalue weighted by molar-refractivity contribution is 5.57. The quantitative estimate of drug-likeness (QED) is 0.763. The molecule has 0 fully saturated rings. The second kappa shape index (κ2) is 4.64. The first-order chi connectivity index (χ1) is 7.31. The van der Waals surface area contributed by atoms with Crippen molar-refractivity contribution in [1.29, 1.82) is 0 Å². The van der Waals surface area contributed by atoms with Gasteiger partial charge in [0.2, 0.25) is 0 Å². The van der Waals surface area contributed by atoms with Crippen molar-refractivity contribution in [3.8, 4) is 0 Å². The normalized spacial score (nSPS) is 19.0. The van der Waals surface area contributed by atoms with E-state index in [0.717, 1.165) is 19.5 Å². The third kappa shape index (κ3) is 2.30. The van der Waals surface area contributed by atoms with Gasteiger partial charge in [-0.25, -0.2) is 0 Å². The lowest BCUT2D eigenvalue weighted by Gasteiger charge is -2.16. The summed E-state index contributed by atoms with van der Waals surface area (Å²) in [6, 6.07) is 8.55. The van der Waals surface area contributed by atoms with Crippen LogP contribution in [0.5, 0.6) is 0 Å². The summed E-state index contributed by atoms with van der Waals surface area (Å²) in [5, 5.41) is 5.31. The van der Waals surface area contributed by atoms with Crippen LogP contribution in [0.15, 0.2) is 24.3 Å². The first-order valence-corrected chi connectivity index (χ1v) is 5.39. The number of hydrogen-bond donors (Lipinski definition) is 1. The Hall–Kier alpha value is -1.06. The van der Waals surface area contributed by atoms with Crippen LogP contribution in [0.1, 0.15) is 17.9 Å². The summed E-state index contributed by atoms with van der Waals surface area (Å²) in [7, 11) is 3.68. The average molecular weight is 206 g/mol. The third-order valence-corrected chi connectivity index (χ3v) is 3.04. The smallest absolute Gasteiger partial charge is 0.0575 e. The molecule has 0 aromatic heterocycles. The van der Waals surface area contributed by atoms with Crippen LogP contribution in [0.2, 0.25) is 0 Å². The molecule has 1 unspecified atom stereocenters. The summed E-state index contributed by atoms with van der Waals surface area (Å²) in [6.07, 6.45) is 1.13. The highest BCUT2D eigenvalue weighted by atomic mass is 16.7. The monoisotopic (exact) mass is 206 g/mol. The zero-order valence-corrected chi connectivity index (χ0v) is 9.36. The number of benzene rings is 1. The van der Waals surface area contributed by atoms with Gasteiger partial charge in [0.25, 0.3) is 0 Å². The Kier molecular flexibility index (Phi) is 3.23. The summed E-state index contributed by atoms with van der Waals surface area (Å²) < 4.78 is 0. The second-order valence-electron chi connectivity index (χ2n) is 3.99. The van der Waals surface area contributed by atoms with Gasteiger partial charge in [-0.1, -0.05) is 18.2 Å². The number of rotatable bonds is 4. The van der Waals surface area contributed by atoms with Gasteiger partial charge in [-0.05, 0) is 18.1 Å². The molecule has 3 heteroatoms. The molecule has 0 amide bonds. The first kappa shape index (κ1) is 10.5. The molecule has 0 aliphatic carbocycles. The van der Waals surface area contributed by atoms with Crippen LogP contribution in [-0.4, -0.2) is 32.3 Å². The summed E-state index contributed by atoms with van der Waals surface area (Å²) in [5.41, 5.74) is 2.74. The minimum Gasteiger partial charge on any atom is -0.384 e. The predicted molar refractivity (Wildman–Crippen MR) is 61.9 cm³/mol. The van der Waals surface area contributed by atoms with Gasteiger partial charge in [-0.2, -0.15) is 5.06 Å². The number of anilines is 1. The first-order valence-electron chi connectivity index (χ1n) is 5.39. The van der Waals surface area contributed by atoms with Crippen molar-refractivity contribution in [3.63, 3.8) is 0 Å². The van der Waals surface area contributed by atoms with E-state index in [0.29, 0.717) is 5.92 Å². The molecule has 15 heavy (non-hydrogen) atoms. The number of nitrogens with one attached hydrogen (secondary N) is 1. The Balaban J connectivity index is 1.96. The third-order valence-electron chi connectivity index (χ3n) is 3.04. The minimum atomic E-state index is 0.624. The molecule has 0 saturated carbocycles. The lowest BCUT2D eigenvalue weighted by Crippen LogP contribution is -2.20. The van der Waals surface area contributed by atoms with Crippen LogP contribution in [0.3, 0.4) is 0 Å². The molecule has 1 aromatic carbocycles. The molecule has 1 atom stereocenters. The number of hydroxylamine groups is 2. The molecule has 1 aliphatic rings. The molecule has 0 spiro atoms. The maximum Gasteiger partial charge on any atom is 0.0575 e. The Bertz CT molecular complexity index is 327. The molecule has 82 valence electrons. The molecular formula is C12H18N2O. The Labute approximate surface area is 91.0 Å². The molecule has 0 bridgehead atoms. The van der Waals surface area contributed by atoms with Crippen molar-refractivity contribution in [3.05, 3.63) is 29.8 Å². The molecular weight excluding hydrogens is 188 g/mol.